The Balaban J connectivity index is 1.19. The first kappa shape index (κ1) is 36.4. The number of carbonyl (C=O) groups is 1. The zero-order chi connectivity index (χ0) is 38.3. The Morgan fingerprint density at radius 1 is 1.13 bits per heavy atom. The molecular weight excluding hydrogens is 755 g/mol. The van der Waals surface area contributed by atoms with Gasteiger partial charge < -0.3 is 19.5 Å². The number of halogens is 6. The van der Waals surface area contributed by atoms with Crippen molar-refractivity contribution < 1.29 is 27.1 Å². The van der Waals surface area contributed by atoms with Gasteiger partial charge in [0.15, 0.2) is 5.82 Å². The number of hydrogen-bond acceptors (Lipinski definition) is 6. The second kappa shape index (κ2) is 13.7. The molecule has 5 aliphatic rings. The Morgan fingerprint density at radius 2 is 1.95 bits per heavy atom. The van der Waals surface area contributed by atoms with Crippen LogP contribution in [0.2, 0.25) is 10.0 Å². The van der Waals surface area contributed by atoms with Crippen molar-refractivity contribution in [2.45, 2.75) is 82.5 Å². The average molecular weight is 792 g/mol. The third-order valence-corrected chi connectivity index (χ3v) is 12.7. The summed E-state index contributed by atoms with van der Waals surface area (Å²) in [5.41, 5.74) is 3.18. The number of nitrogens with zero attached hydrogens (tertiary/aromatic N) is 5. The molecule has 5 fully saturated rings. The fraction of sp³-hybridized carbons (Fsp3) is 0.415. The maximum atomic E-state index is 17.2. The highest BCUT2D eigenvalue weighted by Crippen LogP contribution is 2.51. The van der Waals surface area contributed by atoms with E-state index >= 15 is 4.39 Å². The zero-order valence-electron chi connectivity index (χ0n) is 29.8. The van der Waals surface area contributed by atoms with Gasteiger partial charge in [-0.25, -0.2) is 9.37 Å². The lowest BCUT2D eigenvalue weighted by molar-refractivity contribution is -0.141. The highest BCUT2D eigenvalue weighted by Gasteiger charge is 2.51. The van der Waals surface area contributed by atoms with E-state index in [0.29, 0.717) is 46.7 Å². The molecule has 6 heterocycles. The molecule has 3 aliphatic heterocycles. The topological polar surface area (TPSA) is 96.1 Å². The predicted molar refractivity (Wildman–Crippen MR) is 200 cm³/mol. The minimum Gasteiger partial charge on any atom is -0.372 e. The highest BCUT2D eigenvalue weighted by atomic mass is 35.5. The molecule has 55 heavy (non-hydrogen) atoms. The fourth-order valence-electron chi connectivity index (χ4n) is 9.04. The minimum absolute atomic E-state index is 0.0402. The van der Waals surface area contributed by atoms with Gasteiger partial charge in [-0.1, -0.05) is 35.3 Å². The molecule has 10 rings (SSSR count). The summed E-state index contributed by atoms with van der Waals surface area (Å²) in [7, 11) is 0. The Hall–Kier alpha value is -4.28. The first-order chi connectivity index (χ1) is 26.4. The van der Waals surface area contributed by atoms with E-state index in [-0.39, 0.29) is 64.5 Å². The molecule has 2 saturated carbocycles. The molecule has 2 aromatic carbocycles. The Morgan fingerprint density at radius 3 is 2.65 bits per heavy atom. The summed E-state index contributed by atoms with van der Waals surface area (Å²) in [5, 5.41) is 15.2. The van der Waals surface area contributed by atoms with Crippen LogP contribution in [-0.2, 0) is 28.7 Å². The number of amides is 1. The van der Waals surface area contributed by atoms with E-state index in [4.69, 9.17) is 32.9 Å². The number of fused-ring (bicyclic) bond motifs is 4. The smallest absolute Gasteiger partial charge is 0.372 e. The lowest BCUT2D eigenvalue weighted by atomic mass is 9.79. The molecule has 0 spiro atoms. The van der Waals surface area contributed by atoms with Crippen molar-refractivity contribution in [2.24, 2.45) is 11.8 Å². The van der Waals surface area contributed by atoms with Crippen molar-refractivity contribution in [1.29, 1.82) is 5.26 Å². The Bertz CT molecular complexity index is 2410. The molecule has 8 nitrogen and oxygen atoms in total. The number of pyridine rings is 2. The molecule has 5 aromatic rings. The van der Waals surface area contributed by atoms with Crippen LogP contribution in [0, 0.1) is 35.9 Å². The number of benzene rings is 2. The maximum Gasteiger partial charge on any atom is 0.433 e. The first-order valence-corrected chi connectivity index (χ1v) is 19.3. The Labute approximate surface area is 324 Å². The molecule has 2 bridgehead atoms. The van der Waals surface area contributed by atoms with Crippen LogP contribution in [-0.4, -0.2) is 50.6 Å². The van der Waals surface area contributed by atoms with Gasteiger partial charge in [-0.2, -0.15) is 18.4 Å². The van der Waals surface area contributed by atoms with Crippen LogP contribution in [0.4, 0.5) is 17.6 Å². The standard InChI is InChI=1S/C41H36Cl2F4N6O2/c1-20-27-16-32(31-15-25(18-52(31)40(54)22-7-8-22)55-19-21-9-11-49-33(12-21)41(45,46)47)53(38-24-14-30(38)50-17-24)39(27)28-13-23(4-3-10-48)34(36(44)37(28)51-20)26-5-2-6-29(42)35(26)43/h2,5-6,9,11-13,16,22,24-25,30-31,38,50H,3-4,7-8,14-15,17-19H2,1H3. The van der Waals surface area contributed by atoms with Gasteiger partial charge in [-0.15, -0.1) is 0 Å². The molecule has 2 aliphatic carbocycles. The summed E-state index contributed by atoms with van der Waals surface area (Å²) >= 11 is 13.1. The molecule has 0 radical (unpaired) electrons. The minimum atomic E-state index is -4.58. The largest absolute Gasteiger partial charge is 0.433 e. The van der Waals surface area contributed by atoms with Gasteiger partial charge in [0.1, 0.15) is 11.2 Å². The van der Waals surface area contributed by atoms with Crippen LogP contribution in [0.5, 0.6) is 0 Å². The van der Waals surface area contributed by atoms with Crippen LogP contribution in [0.25, 0.3) is 32.9 Å². The number of carbonyl (C=O) groups excluding carboxylic acids is 1. The van der Waals surface area contributed by atoms with Crippen LogP contribution >= 0.6 is 23.2 Å². The second-order valence-corrected chi connectivity index (χ2v) is 16.1. The number of nitrogens with one attached hydrogen (secondary N) is 1. The molecule has 5 unspecified atom stereocenters. The highest BCUT2D eigenvalue weighted by molar-refractivity contribution is 6.43. The van der Waals surface area contributed by atoms with E-state index in [1.165, 1.54) is 6.07 Å². The van der Waals surface area contributed by atoms with Crippen LogP contribution in [0.1, 0.15) is 72.4 Å². The van der Waals surface area contributed by atoms with Crippen LogP contribution in [0.3, 0.4) is 0 Å². The number of ether oxygens (including phenoxy) is 1. The van der Waals surface area contributed by atoms with E-state index < -0.39 is 29.8 Å². The lowest BCUT2D eigenvalue weighted by Gasteiger charge is -2.39. The third-order valence-electron chi connectivity index (χ3n) is 11.8. The summed E-state index contributed by atoms with van der Waals surface area (Å²) < 4.78 is 66.0. The molecule has 3 saturated heterocycles. The first-order valence-electron chi connectivity index (χ1n) is 18.6. The average Bonchev–Trinajstić information content (AvgIpc) is 3.45. The number of alkyl halides is 3. The van der Waals surface area contributed by atoms with Crippen molar-refractivity contribution >= 4 is 50.9 Å². The summed E-state index contributed by atoms with van der Waals surface area (Å²) in [6.07, 6.45) is -0.413. The number of hydrogen-bond donors (Lipinski definition) is 1. The van der Waals surface area contributed by atoms with E-state index in [1.54, 1.807) is 18.2 Å². The van der Waals surface area contributed by atoms with Gasteiger partial charge in [-0.3, -0.25) is 9.78 Å². The predicted octanol–water partition coefficient (Wildman–Crippen LogP) is 9.28. The maximum absolute atomic E-state index is 17.2. The molecular formula is C41H36Cl2F4N6O2. The SMILES string of the molecule is Cc1nc2c(F)c(-c3cccc(Cl)c3Cl)c(CCC#N)cc2c2c1cc(C1CC(OCc3ccnc(C(F)(F)F)c3)CN1C(=O)C1CC1)n2C1C2CNC1C2. The molecule has 1 N–H and O–H groups in total. The van der Waals surface area contributed by atoms with Gasteiger partial charge in [0.2, 0.25) is 5.91 Å². The van der Waals surface area contributed by atoms with Crippen molar-refractivity contribution in [2.75, 3.05) is 13.1 Å². The van der Waals surface area contributed by atoms with Gasteiger partial charge in [0, 0.05) is 77.4 Å². The quantitative estimate of drug-likeness (QED) is 0.150. The second-order valence-electron chi connectivity index (χ2n) is 15.3. The normalized spacial score (nSPS) is 23.5. The monoisotopic (exact) mass is 790 g/mol. The van der Waals surface area contributed by atoms with Gasteiger partial charge in [0.05, 0.1) is 46.4 Å². The number of aryl methyl sites for hydroxylation is 2. The molecule has 5 atom stereocenters. The fourth-order valence-corrected chi connectivity index (χ4v) is 9.43. The van der Waals surface area contributed by atoms with Crippen molar-refractivity contribution in [3.05, 3.63) is 92.7 Å². The number of likely N-dealkylation sites (tertiary alicyclic amines) is 1. The lowest BCUT2D eigenvalue weighted by Crippen LogP contribution is -2.41. The molecule has 3 aromatic heterocycles. The summed E-state index contributed by atoms with van der Waals surface area (Å²) in [5.74, 6) is -0.259. The van der Waals surface area contributed by atoms with E-state index in [9.17, 15) is 23.2 Å². The van der Waals surface area contributed by atoms with Crippen molar-refractivity contribution in [1.82, 2.24) is 24.8 Å². The summed E-state index contributed by atoms with van der Waals surface area (Å²) in [6, 6.07) is 13.6. The number of nitriles is 1. The zero-order valence-corrected chi connectivity index (χ0v) is 31.3. The number of rotatable bonds is 9. The van der Waals surface area contributed by atoms with Crippen molar-refractivity contribution in [3.8, 4) is 17.2 Å². The van der Waals surface area contributed by atoms with Gasteiger partial charge in [-0.05, 0) is 80.0 Å². The van der Waals surface area contributed by atoms with E-state index in [1.807, 2.05) is 17.9 Å². The van der Waals surface area contributed by atoms with E-state index in [0.717, 1.165) is 54.7 Å². The van der Waals surface area contributed by atoms with E-state index in [2.05, 4.69) is 27.0 Å². The Kier molecular flexibility index (Phi) is 9.08. The summed E-state index contributed by atoms with van der Waals surface area (Å²) in [6.45, 7) is 2.92. The van der Waals surface area contributed by atoms with Crippen molar-refractivity contribution in [3.63, 3.8) is 0 Å². The van der Waals surface area contributed by atoms with Crippen LogP contribution < -0.4 is 5.32 Å². The van der Waals surface area contributed by atoms with Crippen LogP contribution in [0.15, 0.2) is 48.7 Å². The summed E-state index contributed by atoms with van der Waals surface area (Å²) in [4.78, 5) is 24.2. The van der Waals surface area contributed by atoms with Gasteiger partial charge in [0.25, 0.3) is 0 Å². The molecule has 284 valence electrons. The number of aromatic nitrogens is 3. The molecule has 1 amide bonds. The third kappa shape index (κ3) is 6.24. The molecule has 14 heteroatoms. The van der Waals surface area contributed by atoms with Gasteiger partial charge >= 0.3 is 6.18 Å².